The lowest BCUT2D eigenvalue weighted by Gasteiger charge is -2.16. The largest absolute Gasteiger partial charge is 0.496 e. The maximum absolute atomic E-state index is 5.61. The predicted octanol–water partition coefficient (Wildman–Crippen LogP) is 3.52. The molecule has 0 aromatic heterocycles. The molecule has 0 heterocycles. The van der Waals surface area contributed by atoms with Gasteiger partial charge in [0.05, 0.1) is 19.1 Å². The van der Waals surface area contributed by atoms with Gasteiger partial charge in [0.25, 0.3) is 0 Å². The van der Waals surface area contributed by atoms with Crippen molar-refractivity contribution in [2.45, 2.75) is 36.8 Å². The Bertz CT molecular complexity index is 388. The van der Waals surface area contributed by atoms with Gasteiger partial charge in [-0.2, -0.15) is 0 Å². The van der Waals surface area contributed by atoms with Gasteiger partial charge in [0.1, 0.15) is 11.5 Å². The molecule has 1 rings (SSSR count). The van der Waals surface area contributed by atoms with Gasteiger partial charge in [-0.15, -0.1) is 24.2 Å². The van der Waals surface area contributed by atoms with Crippen molar-refractivity contribution in [3.05, 3.63) is 17.7 Å². The molecule has 0 aliphatic rings. The number of rotatable bonds is 7. The molecule has 0 spiro atoms. The SMILES string of the molecule is CCC(C)Sc1cc(OC)c(CCN)cc1OC.Cl. The number of methoxy groups -OCH3 is 2. The molecule has 5 heteroatoms. The quantitative estimate of drug-likeness (QED) is 0.783. The number of benzene rings is 1. The third-order valence-corrected chi connectivity index (χ3v) is 4.19. The molecule has 110 valence electrons. The molecule has 0 bridgehead atoms. The van der Waals surface area contributed by atoms with E-state index in [9.17, 15) is 0 Å². The van der Waals surface area contributed by atoms with E-state index in [1.165, 1.54) is 0 Å². The summed E-state index contributed by atoms with van der Waals surface area (Å²) in [5.74, 6) is 1.80. The zero-order chi connectivity index (χ0) is 13.5. The Kier molecular flexibility index (Phi) is 9.06. The van der Waals surface area contributed by atoms with Gasteiger partial charge in [-0.25, -0.2) is 0 Å². The average Bonchev–Trinajstić information content (AvgIpc) is 2.39. The summed E-state index contributed by atoms with van der Waals surface area (Å²) in [6.07, 6.45) is 1.93. The molecule has 0 radical (unpaired) electrons. The van der Waals surface area contributed by atoms with E-state index in [4.69, 9.17) is 15.2 Å². The van der Waals surface area contributed by atoms with Crippen LogP contribution >= 0.6 is 24.2 Å². The van der Waals surface area contributed by atoms with Crippen LogP contribution in [0.2, 0.25) is 0 Å². The Labute approximate surface area is 126 Å². The second kappa shape index (κ2) is 9.34. The highest BCUT2D eigenvalue weighted by atomic mass is 35.5. The smallest absolute Gasteiger partial charge is 0.132 e. The summed E-state index contributed by atoms with van der Waals surface area (Å²) in [7, 11) is 3.40. The fourth-order valence-corrected chi connectivity index (χ4v) is 2.71. The molecule has 1 atom stereocenters. The number of halogens is 1. The Morgan fingerprint density at radius 1 is 1.21 bits per heavy atom. The molecule has 0 saturated heterocycles. The molecular formula is C14H24ClNO2S. The molecule has 0 amide bonds. The molecule has 3 nitrogen and oxygen atoms in total. The number of hydrogen-bond donors (Lipinski definition) is 1. The molecule has 1 aromatic rings. The first kappa shape index (κ1) is 18.4. The third kappa shape index (κ3) is 5.13. The Hall–Kier alpha value is -0.580. The van der Waals surface area contributed by atoms with E-state index in [0.29, 0.717) is 11.8 Å². The van der Waals surface area contributed by atoms with E-state index in [-0.39, 0.29) is 12.4 Å². The number of ether oxygens (including phenoxy) is 2. The maximum atomic E-state index is 5.61. The maximum Gasteiger partial charge on any atom is 0.132 e. The number of thioether (sulfide) groups is 1. The Morgan fingerprint density at radius 3 is 2.32 bits per heavy atom. The molecule has 0 aliphatic carbocycles. The lowest BCUT2D eigenvalue weighted by molar-refractivity contribution is 0.390. The number of hydrogen-bond acceptors (Lipinski definition) is 4. The fourth-order valence-electron chi connectivity index (χ4n) is 1.68. The van der Waals surface area contributed by atoms with E-state index >= 15 is 0 Å². The summed E-state index contributed by atoms with van der Waals surface area (Å²) in [6, 6.07) is 4.09. The van der Waals surface area contributed by atoms with Crippen molar-refractivity contribution < 1.29 is 9.47 Å². The van der Waals surface area contributed by atoms with Gasteiger partial charge >= 0.3 is 0 Å². The van der Waals surface area contributed by atoms with Gasteiger partial charge in [-0.3, -0.25) is 0 Å². The van der Waals surface area contributed by atoms with E-state index in [1.54, 1.807) is 14.2 Å². The minimum absolute atomic E-state index is 0. The van der Waals surface area contributed by atoms with Crippen LogP contribution < -0.4 is 15.2 Å². The summed E-state index contributed by atoms with van der Waals surface area (Å²) < 4.78 is 10.9. The molecule has 0 fully saturated rings. The molecule has 1 unspecified atom stereocenters. The summed E-state index contributed by atoms with van der Waals surface area (Å²) in [6.45, 7) is 5.01. The first-order valence-corrected chi connectivity index (χ1v) is 7.15. The molecule has 0 aliphatic heterocycles. The van der Waals surface area contributed by atoms with E-state index in [0.717, 1.165) is 34.8 Å². The van der Waals surface area contributed by atoms with Gasteiger partial charge in [0, 0.05) is 5.25 Å². The first-order chi connectivity index (χ1) is 8.65. The number of nitrogens with two attached hydrogens (primary N) is 1. The van der Waals surface area contributed by atoms with Crippen LogP contribution in [0.3, 0.4) is 0 Å². The van der Waals surface area contributed by atoms with Crippen LogP contribution in [0.4, 0.5) is 0 Å². The minimum Gasteiger partial charge on any atom is -0.496 e. The van der Waals surface area contributed by atoms with Gasteiger partial charge in [-0.1, -0.05) is 13.8 Å². The zero-order valence-corrected chi connectivity index (χ0v) is 13.7. The first-order valence-electron chi connectivity index (χ1n) is 6.27. The molecule has 0 saturated carbocycles. The lowest BCUT2D eigenvalue weighted by Crippen LogP contribution is -2.05. The Balaban J connectivity index is 0.00000324. The summed E-state index contributed by atoms with van der Waals surface area (Å²) >= 11 is 1.81. The molecule has 1 aromatic carbocycles. The van der Waals surface area contributed by atoms with Crippen molar-refractivity contribution in [3.63, 3.8) is 0 Å². The van der Waals surface area contributed by atoms with Crippen LogP contribution in [-0.2, 0) is 6.42 Å². The van der Waals surface area contributed by atoms with Crippen molar-refractivity contribution >= 4 is 24.2 Å². The summed E-state index contributed by atoms with van der Waals surface area (Å²) in [5, 5.41) is 0.559. The van der Waals surface area contributed by atoms with E-state index in [2.05, 4.69) is 19.9 Å². The van der Waals surface area contributed by atoms with Crippen molar-refractivity contribution in [2.75, 3.05) is 20.8 Å². The molecular weight excluding hydrogens is 282 g/mol. The van der Waals surface area contributed by atoms with Crippen molar-refractivity contribution in [3.8, 4) is 11.5 Å². The van der Waals surface area contributed by atoms with Gasteiger partial charge in [0.15, 0.2) is 0 Å². The second-order valence-electron chi connectivity index (χ2n) is 4.19. The van der Waals surface area contributed by atoms with Crippen molar-refractivity contribution in [2.24, 2.45) is 5.73 Å². The monoisotopic (exact) mass is 305 g/mol. The van der Waals surface area contributed by atoms with E-state index in [1.807, 2.05) is 17.8 Å². The van der Waals surface area contributed by atoms with Crippen LogP contribution in [0, 0.1) is 0 Å². The standard InChI is InChI=1S/C14H23NO2S.ClH/c1-5-10(2)18-14-9-12(16-3)11(6-7-15)8-13(14)17-4;/h8-10H,5-7,15H2,1-4H3;1H. The molecule has 19 heavy (non-hydrogen) atoms. The third-order valence-electron chi connectivity index (χ3n) is 2.88. The van der Waals surface area contributed by atoms with Gasteiger partial charge < -0.3 is 15.2 Å². The minimum atomic E-state index is 0. The second-order valence-corrected chi connectivity index (χ2v) is 5.67. The lowest BCUT2D eigenvalue weighted by atomic mass is 10.1. The fraction of sp³-hybridized carbons (Fsp3) is 0.571. The predicted molar refractivity (Wildman–Crippen MR) is 85.2 cm³/mol. The summed E-state index contributed by atoms with van der Waals surface area (Å²) in [5.41, 5.74) is 6.72. The van der Waals surface area contributed by atoms with Crippen LogP contribution in [0.1, 0.15) is 25.8 Å². The zero-order valence-electron chi connectivity index (χ0n) is 12.1. The highest BCUT2D eigenvalue weighted by Crippen LogP contribution is 2.38. The van der Waals surface area contributed by atoms with Crippen LogP contribution in [0.5, 0.6) is 11.5 Å². The van der Waals surface area contributed by atoms with Crippen LogP contribution in [0.15, 0.2) is 17.0 Å². The van der Waals surface area contributed by atoms with Crippen molar-refractivity contribution in [1.29, 1.82) is 0 Å². The molecule has 2 N–H and O–H groups in total. The average molecular weight is 306 g/mol. The Morgan fingerprint density at radius 2 is 1.84 bits per heavy atom. The normalized spacial score (nSPS) is 11.6. The topological polar surface area (TPSA) is 44.5 Å². The van der Waals surface area contributed by atoms with Gasteiger partial charge in [0.2, 0.25) is 0 Å². The van der Waals surface area contributed by atoms with Crippen molar-refractivity contribution in [1.82, 2.24) is 0 Å². The highest BCUT2D eigenvalue weighted by Gasteiger charge is 2.13. The van der Waals surface area contributed by atoms with Gasteiger partial charge in [-0.05, 0) is 37.1 Å². The van der Waals surface area contributed by atoms with Crippen LogP contribution in [0.25, 0.3) is 0 Å². The van der Waals surface area contributed by atoms with Crippen LogP contribution in [-0.4, -0.2) is 26.0 Å². The van der Waals surface area contributed by atoms with E-state index < -0.39 is 0 Å². The highest BCUT2D eigenvalue weighted by molar-refractivity contribution is 8.00. The summed E-state index contributed by atoms with van der Waals surface area (Å²) in [4.78, 5) is 1.13.